The molecule has 6 heteroatoms. The molecule has 1 aliphatic rings. The van der Waals surface area contributed by atoms with Crippen LogP contribution in [0.4, 0.5) is 11.4 Å². The van der Waals surface area contributed by atoms with Gasteiger partial charge in [0, 0.05) is 44.0 Å². The summed E-state index contributed by atoms with van der Waals surface area (Å²) in [5, 5.41) is 2.88. The summed E-state index contributed by atoms with van der Waals surface area (Å²) < 4.78 is 5.65. The number of nitrogens with zero attached hydrogens (tertiary/aromatic N) is 2. The van der Waals surface area contributed by atoms with Crippen LogP contribution in [0, 0.1) is 19.8 Å². The van der Waals surface area contributed by atoms with Crippen LogP contribution in [0.1, 0.15) is 31.4 Å². The predicted octanol–water partition coefficient (Wildman–Crippen LogP) is 4.02. The monoisotopic (exact) mass is 423 g/mol. The molecule has 0 unspecified atom stereocenters. The molecule has 0 bridgehead atoms. The van der Waals surface area contributed by atoms with Crippen molar-refractivity contribution in [1.82, 2.24) is 4.90 Å². The summed E-state index contributed by atoms with van der Waals surface area (Å²) in [6, 6.07) is 13.7. The third kappa shape index (κ3) is 6.48. The number of hydrogen-bond acceptors (Lipinski definition) is 4. The van der Waals surface area contributed by atoms with Crippen molar-refractivity contribution in [3.05, 3.63) is 53.6 Å². The smallest absolute Gasteiger partial charge is 0.262 e. The molecule has 0 saturated carbocycles. The molecule has 0 atom stereocenters. The van der Waals surface area contributed by atoms with E-state index in [1.165, 1.54) is 0 Å². The van der Waals surface area contributed by atoms with Gasteiger partial charge in [-0.1, -0.05) is 31.5 Å². The van der Waals surface area contributed by atoms with Gasteiger partial charge < -0.3 is 19.9 Å². The third-order valence-corrected chi connectivity index (χ3v) is 5.42. The molecule has 1 saturated heterocycles. The third-order valence-electron chi connectivity index (χ3n) is 5.42. The number of carbonyl (C=O) groups is 2. The molecule has 1 fully saturated rings. The Morgan fingerprint density at radius 1 is 1.00 bits per heavy atom. The van der Waals surface area contributed by atoms with Crippen LogP contribution in [0.2, 0.25) is 0 Å². The van der Waals surface area contributed by atoms with Crippen molar-refractivity contribution in [2.45, 2.75) is 34.1 Å². The van der Waals surface area contributed by atoms with Crippen LogP contribution < -0.4 is 15.0 Å². The van der Waals surface area contributed by atoms with Gasteiger partial charge in [0.1, 0.15) is 5.75 Å². The number of aryl methyl sites for hydroxylation is 2. The molecule has 31 heavy (non-hydrogen) atoms. The van der Waals surface area contributed by atoms with Gasteiger partial charge >= 0.3 is 0 Å². The Balaban J connectivity index is 1.47. The van der Waals surface area contributed by atoms with Crippen LogP contribution in [0.5, 0.6) is 5.75 Å². The van der Waals surface area contributed by atoms with E-state index in [1.807, 2.05) is 61.2 Å². The highest BCUT2D eigenvalue weighted by Gasteiger charge is 2.21. The van der Waals surface area contributed by atoms with E-state index in [-0.39, 0.29) is 18.4 Å². The number of ether oxygens (including phenoxy) is 1. The molecular weight excluding hydrogens is 390 g/mol. The first-order valence-electron chi connectivity index (χ1n) is 10.9. The summed E-state index contributed by atoms with van der Waals surface area (Å²) in [6.07, 6.45) is 0.613. The van der Waals surface area contributed by atoms with E-state index in [9.17, 15) is 9.59 Å². The maximum absolute atomic E-state index is 12.2. The van der Waals surface area contributed by atoms with Crippen LogP contribution in [0.3, 0.4) is 0 Å². The number of piperazine rings is 1. The van der Waals surface area contributed by atoms with Crippen molar-refractivity contribution in [2.75, 3.05) is 43.0 Å². The van der Waals surface area contributed by atoms with E-state index in [1.54, 1.807) is 0 Å². The fraction of sp³-hybridized carbons (Fsp3) is 0.440. The highest BCUT2D eigenvalue weighted by Crippen LogP contribution is 2.21. The van der Waals surface area contributed by atoms with E-state index >= 15 is 0 Å². The summed E-state index contributed by atoms with van der Waals surface area (Å²) in [6.45, 7) is 11.3. The van der Waals surface area contributed by atoms with E-state index in [0.717, 1.165) is 54.4 Å². The number of anilines is 2. The van der Waals surface area contributed by atoms with Gasteiger partial charge in [-0.05, 0) is 55.7 Å². The summed E-state index contributed by atoms with van der Waals surface area (Å²) in [4.78, 5) is 28.7. The first kappa shape index (κ1) is 22.7. The average Bonchev–Trinajstić information content (AvgIpc) is 2.73. The number of amides is 2. The molecule has 1 N–H and O–H groups in total. The Labute approximate surface area is 185 Å². The highest BCUT2D eigenvalue weighted by atomic mass is 16.5. The Morgan fingerprint density at radius 3 is 2.29 bits per heavy atom. The predicted molar refractivity (Wildman–Crippen MR) is 125 cm³/mol. The number of benzene rings is 2. The van der Waals surface area contributed by atoms with Gasteiger partial charge in [-0.2, -0.15) is 0 Å². The second-order valence-corrected chi connectivity index (χ2v) is 8.62. The molecule has 1 aliphatic heterocycles. The molecule has 0 aliphatic carbocycles. The molecule has 0 radical (unpaired) electrons. The number of carbonyl (C=O) groups excluding carboxylic acids is 2. The Morgan fingerprint density at radius 2 is 1.68 bits per heavy atom. The first-order chi connectivity index (χ1) is 14.8. The lowest BCUT2D eigenvalue weighted by atomic mass is 10.1. The molecule has 166 valence electrons. The molecule has 0 spiro atoms. The van der Waals surface area contributed by atoms with E-state index < -0.39 is 0 Å². The summed E-state index contributed by atoms with van der Waals surface area (Å²) >= 11 is 0. The first-order valence-corrected chi connectivity index (χ1v) is 10.9. The molecule has 2 aromatic rings. The van der Waals surface area contributed by atoms with Crippen LogP contribution in [-0.4, -0.2) is 49.5 Å². The maximum Gasteiger partial charge on any atom is 0.262 e. The lowest BCUT2D eigenvalue weighted by Crippen LogP contribution is -2.49. The lowest BCUT2D eigenvalue weighted by molar-refractivity contribution is -0.132. The van der Waals surface area contributed by atoms with Gasteiger partial charge in [0.15, 0.2) is 6.61 Å². The molecule has 1 heterocycles. The van der Waals surface area contributed by atoms with Gasteiger partial charge in [0.25, 0.3) is 5.91 Å². The Kier molecular flexibility index (Phi) is 7.55. The zero-order valence-electron chi connectivity index (χ0n) is 19.0. The fourth-order valence-electron chi connectivity index (χ4n) is 3.75. The van der Waals surface area contributed by atoms with Crippen LogP contribution in [-0.2, 0) is 9.59 Å². The topological polar surface area (TPSA) is 61.9 Å². The van der Waals surface area contributed by atoms with Crippen LogP contribution >= 0.6 is 0 Å². The summed E-state index contributed by atoms with van der Waals surface area (Å²) in [5.74, 6) is 1.17. The molecule has 6 nitrogen and oxygen atoms in total. The van der Waals surface area contributed by atoms with Crippen molar-refractivity contribution in [1.29, 1.82) is 0 Å². The van der Waals surface area contributed by atoms with E-state index in [4.69, 9.17) is 4.74 Å². The SMILES string of the molecule is Cc1ccc(OCC(=O)Nc2ccc(N3CCN(C(=O)CC(C)C)CC3)cc2)c(C)c1. The van der Waals surface area contributed by atoms with Crippen LogP contribution in [0.25, 0.3) is 0 Å². The summed E-state index contributed by atoms with van der Waals surface area (Å²) in [5.41, 5.74) is 4.02. The quantitative estimate of drug-likeness (QED) is 0.731. The minimum Gasteiger partial charge on any atom is -0.483 e. The number of nitrogens with one attached hydrogen (secondary N) is 1. The van der Waals surface area contributed by atoms with E-state index in [0.29, 0.717) is 12.3 Å². The van der Waals surface area contributed by atoms with Crippen molar-refractivity contribution in [3.63, 3.8) is 0 Å². The standard InChI is InChI=1S/C25H33N3O3/c1-18(2)15-25(30)28-13-11-27(12-14-28)22-8-6-21(7-9-22)26-24(29)17-31-23-10-5-19(3)16-20(23)4/h5-10,16,18H,11-15,17H2,1-4H3,(H,26,29). The largest absolute Gasteiger partial charge is 0.483 e. The second-order valence-electron chi connectivity index (χ2n) is 8.62. The van der Waals surface area contributed by atoms with Gasteiger partial charge in [0.05, 0.1) is 0 Å². The van der Waals surface area contributed by atoms with Crippen molar-refractivity contribution in [3.8, 4) is 5.75 Å². The second kappa shape index (κ2) is 10.3. The minimum absolute atomic E-state index is 0.0297. The molecule has 2 aromatic carbocycles. The van der Waals surface area contributed by atoms with Gasteiger partial charge in [-0.15, -0.1) is 0 Å². The number of hydrogen-bond donors (Lipinski definition) is 1. The van der Waals surface area contributed by atoms with Gasteiger partial charge in [-0.3, -0.25) is 9.59 Å². The van der Waals surface area contributed by atoms with Crippen molar-refractivity contribution >= 4 is 23.2 Å². The molecule has 3 rings (SSSR count). The zero-order valence-corrected chi connectivity index (χ0v) is 19.0. The number of rotatable bonds is 7. The summed E-state index contributed by atoms with van der Waals surface area (Å²) in [7, 11) is 0. The van der Waals surface area contributed by atoms with Crippen molar-refractivity contribution < 1.29 is 14.3 Å². The Bertz CT molecular complexity index is 901. The highest BCUT2D eigenvalue weighted by molar-refractivity contribution is 5.92. The van der Waals surface area contributed by atoms with Gasteiger partial charge in [0.2, 0.25) is 5.91 Å². The normalized spacial score (nSPS) is 14.0. The lowest BCUT2D eigenvalue weighted by Gasteiger charge is -2.36. The fourth-order valence-corrected chi connectivity index (χ4v) is 3.75. The van der Waals surface area contributed by atoms with Crippen LogP contribution in [0.15, 0.2) is 42.5 Å². The average molecular weight is 424 g/mol. The maximum atomic E-state index is 12.2. The molecular formula is C25H33N3O3. The Hall–Kier alpha value is -3.02. The molecule has 2 amide bonds. The zero-order chi connectivity index (χ0) is 22.4. The molecule has 0 aromatic heterocycles. The van der Waals surface area contributed by atoms with Gasteiger partial charge in [-0.25, -0.2) is 0 Å². The minimum atomic E-state index is -0.190. The van der Waals surface area contributed by atoms with E-state index in [2.05, 4.69) is 24.1 Å². The van der Waals surface area contributed by atoms with Crippen molar-refractivity contribution in [2.24, 2.45) is 5.92 Å².